The first kappa shape index (κ1) is 13.3. The van der Waals surface area contributed by atoms with Gasteiger partial charge in [-0.05, 0) is 31.4 Å². The summed E-state index contributed by atoms with van der Waals surface area (Å²) in [5.74, 6) is 1.62. The molecule has 3 nitrogen and oxygen atoms in total. The SMILES string of the molecule is CNC(Cc1ccc(OC)nc1)CC1CCCC1. The Morgan fingerprint density at radius 1 is 1.39 bits per heavy atom. The van der Waals surface area contributed by atoms with Crippen LogP contribution in [0.5, 0.6) is 5.88 Å². The average Bonchev–Trinajstić information content (AvgIpc) is 2.91. The number of nitrogens with zero attached hydrogens (tertiary/aromatic N) is 1. The number of likely N-dealkylation sites (N-methyl/N-ethyl adjacent to an activating group) is 1. The summed E-state index contributed by atoms with van der Waals surface area (Å²) in [6.07, 6.45) is 9.96. The predicted octanol–water partition coefficient (Wildman–Crippen LogP) is 2.80. The van der Waals surface area contributed by atoms with Crippen molar-refractivity contribution in [2.24, 2.45) is 5.92 Å². The van der Waals surface area contributed by atoms with Gasteiger partial charge in [0, 0.05) is 18.3 Å². The predicted molar refractivity (Wildman–Crippen MR) is 73.9 cm³/mol. The number of rotatable bonds is 6. The molecule has 0 spiro atoms. The van der Waals surface area contributed by atoms with Crippen molar-refractivity contribution in [1.82, 2.24) is 10.3 Å². The summed E-state index contributed by atoms with van der Waals surface area (Å²) >= 11 is 0. The fourth-order valence-electron chi connectivity index (χ4n) is 2.89. The van der Waals surface area contributed by atoms with Crippen LogP contribution in [0.25, 0.3) is 0 Å². The first-order chi connectivity index (χ1) is 8.81. The molecular formula is C15H24N2O. The van der Waals surface area contributed by atoms with Gasteiger partial charge < -0.3 is 10.1 Å². The fourth-order valence-corrected chi connectivity index (χ4v) is 2.89. The molecule has 1 aliphatic rings. The van der Waals surface area contributed by atoms with Gasteiger partial charge in [0.05, 0.1) is 7.11 Å². The lowest BCUT2D eigenvalue weighted by molar-refractivity contribution is 0.394. The van der Waals surface area contributed by atoms with Crippen molar-refractivity contribution in [3.8, 4) is 5.88 Å². The Kier molecular flexibility index (Phi) is 5.00. The van der Waals surface area contributed by atoms with Crippen molar-refractivity contribution in [3.63, 3.8) is 0 Å². The van der Waals surface area contributed by atoms with Gasteiger partial charge in [-0.2, -0.15) is 0 Å². The maximum atomic E-state index is 5.08. The first-order valence-corrected chi connectivity index (χ1v) is 6.98. The number of nitrogens with one attached hydrogen (secondary N) is 1. The summed E-state index contributed by atoms with van der Waals surface area (Å²) in [4.78, 5) is 4.27. The fraction of sp³-hybridized carbons (Fsp3) is 0.667. The van der Waals surface area contributed by atoms with Crippen LogP contribution in [0.1, 0.15) is 37.7 Å². The Morgan fingerprint density at radius 3 is 2.72 bits per heavy atom. The van der Waals surface area contributed by atoms with Crippen LogP contribution >= 0.6 is 0 Å². The molecule has 1 saturated carbocycles. The maximum Gasteiger partial charge on any atom is 0.212 e. The zero-order valence-corrected chi connectivity index (χ0v) is 11.5. The van der Waals surface area contributed by atoms with E-state index in [0.29, 0.717) is 11.9 Å². The normalized spacial score (nSPS) is 17.9. The topological polar surface area (TPSA) is 34.1 Å². The van der Waals surface area contributed by atoms with E-state index in [9.17, 15) is 0 Å². The van der Waals surface area contributed by atoms with Crippen LogP contribution in [0.3, 0.4) is 0 Å². The minimum absolute atomic E-state index is 0.572. The number of pyridine rings is 1. The molecule has 1 fully saturated rings. The van der Waals surface area contributed by atoms with Gasteiger partial charge in [0.25, 0.3) is 0 Å². The number of aromatic nitrogens is 1. The molecule has 1 aromatic heterocycles. The molecule has 2 rings (SSSR count). The molecule has 1 N–H and O–H groups in total. The van der Waals surface area contributed by atoms with E-state index < -0.39 is 0 Å². The van der Waals surface area contributed by atoms with Gasteiger partial charge in [-0.1, -0.05) is 31.7 Å². The number of methoxy groups -OCH3 is 1. The lowest BCUT2D eigenvalue weighted by Crippen LogP contribution is -2.29. The molecule has 0 amide bonds. The van der Waals surface area contributed by atoms with E-state index in [2.05, 4.69) is 23.4 Å². The van der Waals surface area contributed by atoms with Gasteiger partial charge in [0.2, 0.25) is 5.88 Å². The third-order valence-electron chi connectivity index (χ3n) is 3.99. The van der Waals surface area contributed by atoms with Crippen LogP contribution in [-0.4, -0.2) is 25.2 Å². The standard InChI is InChI=1S/C15H24N2O/c1-16-14(9-12-5-3-4-6-12)10-13-7-8-15(18-2)17-11-13/h7-8,11-12,14,16H,3-6,9-10H2,1-2H3. The molecule has 3 heteroatoms. The van der Waals surface area contributed by atoms with E-state index in [1.165, 1.54) is 37.7 Å². The summed E-state index contributed by atoms with van der Waals surface area (Å²) in [7, 11) is 3.72. The third-order valence-corrected chi connectivity index (χ3v) is 3.99. The third kappa shape index (κ3) is 3.70. The van der Waals surface area contributed by atoms with Gasteiger partial charge >= 0.3 is 0 Å². The monoisotopic (exact) mass is 248 g/mol. The molecule has 1 heterocycles. The molecule has 0 radical (unpaired) electrons. The highest BCUT2D eigenvalue weighted by atomic mass is 16.5. The van der Waals surface area contributed by atoms with E-state index in [1.54, 1.807) is 7.11 Å². The second-order valence-corrected chi connectivity index (χ2v) is 5.28. The quantitative estimate of drug-likeness (QED) is 0.840. The molecule has 0 saturated heterocycles. The zero-order chi connectivity index (χ0) is 12.8. The van der Waals surface area contributed by atoms with Crippen molar-refractivity contribution in [1.29, 1.82) is 0 Å². The smallest absolute Gasteiger partial charge is 0.212 e. The molecule has 0 aliphatic heterocycles. The molecular weight excluding hydrogens is 224 g/mol. The molecule has 0 bridgehead atoms. The summed E-state index contributed by atoms with van der Waals surface area (Å²) in [6.45, 7) is 0. The molecule has 18 heavy (non-hydrogen) atoms. The summed E-state index contributed by atoms with van der Waals surface area (Å²) in [5.41, 5.74) is 1.29. The van der Waals surface area contributed by atoms with Crippen LogP contribution in [-0.2, 0) is 6.42 Å². The minimum atomic E-state index is 0.572. The molecule has 1 unspecified atom stereocenters. The van der Waals surface area contributed by atoms with Crippen molar-refractivity contribution in [3.05, 3.63) is 23.9 Å². The molecule has 1 atom stereocenters. The van der Waals surface area contributed by atoms with Gasteiger partial charge in [0.1, 0.15) is 0 Å². The minimum Gasteiger partial charge on any atom is -0.481 e. The van der Waals surface area contributed by atoms with E-state index >= 15 is 0 Å². The van der Waals surface area contributed by atoms with Gasteiger partial charge in [0.15, 0.2) is 0 Å². The van der Waals surface area contributed by atoms with E-state index in [4.69, 9.17) is 4.74 Å². The summed E-state index contributed by atoms with van der Waals surface area (Å²) < 4.78 is 5.08. The van der Waals surface area contributed by atoms with Crippen LogP contribution in [0.2, 0.25) is 0 Å². The van der Waals surface area contributed by atoms with Crippen LogP contribution in [0.4, 0.5) is 0 Å². The maximum absolute atomic E-state index is 5.08. The highest BCUT2D eigenvalue weighted by Crippen LogP contribution is 2.29. The highest BCUT2D eigenvalue weighted by Gasteiger charge is 2.19. The Bertz CT molecular complexity index is 344. The number of ether oxygens (including phenoxy) is 1. The lowest BCUT2D eigenvalue weighted by Gasteiger charge is -2.20. The molecule has 1 aliphatic carbocycles. The first-order valence-electron chi connectivity index (χ1n) is 6.98. The van der Waals surface area contributed by atoms with E-state index in [-0.39, 0.29) is 0 Å². The van der Waals surface area contributed by atoms with Gasteiger partial charge in [-0.25, -0.2) is 4.98 Å². The van der Waals surface area contributed by atoms with Crippen molar-refractivity contribution in [2.75, 3.05) is 14.2 Å². The zero-order valence-electron chi connectivity index (χ0n) is 11.5. The Labute approximate surface area is 110 Å². The van der Waals surface area contributed by atoms with E-state index in [0.717, 1.165) is 12.3 Å². The second kappa shape index (κ2) is 6.74. The number of hydrogen-bond donors (Lipinski definition) is 1. The van der Waals surface area contributed by atoms with Gasteiger partial charge in [-0.3, -0.25) is 0 Å². The van der Waals surface area contributed by atoms with Crippen molar-refractivity contribution >= 4 is 0 Å². The summed E-state index contributed by atoms with van der Waals surface area (Å²) in [6, 6.07) is 4.63. The van der Waals surface area contributed by atoms with Crippen LogP contribution < -0.4 is 10.1 Å². The van der Waals surface area contributed by atoms with Crippen molar-refractivity contribution in [2.45, 2.75) is 44.6 Å². The highest BCUT2D eigenvalue weighted by molar-refractivity contribution is 5.18. The molecule has 100 valence electrons. The summed E-state index contributed by atoms with van der Waals surface area (Å²) in [5, 5.41) is 3.45. The van der Waals surface area contributed by atoms with Crippen molar-refractivity contribution < 1.29 is 4.74 Å². The van der Waals surface area contributed by atoms with Gasteiger partial charge in [-0.15, -0.1) is 0 Å². The Morgan fingerprint density at radius 2 is 2.17 bits per heavy atom. The second-order valence-electron chi connectivity index (χ2n) is 5.28. The van der Waals surface area contributed by atoms with Crippen LogP contribution in [0, 0.1) is 5.92 Å². The molecule has 1 aromatic rings. The Hall–Kier alpha value is -1.09. The lowest BCUT2D eigenvalue weighted by atomic mass is 9.94. The van der Waals surface area contributed by atoms with E-state index in [1.807, 2.05) is 12.3 Å². The largest absolute Gasteiger partial charge is 0.481 e. The Balaban J connectivity index is 1.87. The molecule has 0 aromatic carbocycles. The average molecular weight is 248 g/mol. The number of hydrogen-bond acceptors (Lipinski definition) is 3. The van der Waals surface area contributed by atoms with Crippen LogP contribution in [0.15, 0.2) is 18.3 Å².